The van der Waals surface area contributed by atoms with Gasteiger partial charge in [0, 0.05) is 0 Å². The third-order valence-electron chi connectivity index (χ3n) is 4.10. The predicted molar refractivity (Wildman–Crippen MR) is 99.3 cm³/mol. The Bertz CT molecular complexity index is 794. The van der Waals surface area contributed by atoms with Crippen molar-refractivity contribution in [3.05, 3.63) is 48.5 Å². The molecule has 0 saturated carbocycles. The van der Waals surface area contributed by atoms with Gasteiger partial charge in [-0.25, -0.2) is 0 Å². The van der Waals surface area contributed by atoms with Gasteiger partial charge < -0.3 is 18.9 Å². The maximum absolute atomic E-state index is 5.94. The summed E-state index contributed by atoms with van der Waals surface area (Å²) in [6.45, 7) is 1.13. The van der Waals surface area contributed by atoms with Crippen LogP contribution in [0.4, 0.5) is 0 Å². The smallest absolute Gasteiger partial charge is 0.180 e. The lowest BCUT2D eigenvalue weighted by molar-refractivity contribution is 0.175. The average Bonchev–Trinajstić information content (AvgIpc) is 3.08. The van der Waals surface area contributed by atoms with Crippen LogP contribution < -0.4 is 18.9 Å². The highest BCUT2D eigenvalue weighted by Crippen LogP contribution is 2.53. The first-order valence-electron chi connectivity index (χ1n) is 8.01. The summed E-state index contributed by atoms with van der Waals surface area (Å²) in [5.74, 6) is 3.32. The van der Waals surface area contributed by atoms with Crippen LogP contribution in [0.15, 0.2) is 48.5 Å². The number of benzene rings is 2. The van der Waals surface area contributed by atoms with Crippen molar-refractivity contribution in [3.8, 4) is 43.9 Å². The fourth-order valence-electron chi connectivity index (χ4n) is 2.82. The van der Waals surface area contributed by atoms with Crippen LogP contribution in [0.5, 0.6) is 23.0 Å². The van der Waals surface area contributed by atoms with E-state index >= 15 is 0 Å². The molecule has 0 atom stereocenters. The number of methoxy groups -OCH3 is 2. The Balaban J connectivity index is 1.81. The van der Waals surface area contributed by atoms with Crippen molar-refractivity contribution in [1.29, 1.82) is 0 Å². The van der Waals surface area contributed by atoms with E-state index in [9.17, 15) is 0 Å². The lowest BCUT2D eigenvalue weighted by Gasteiger charge is -2.17. The highest BCUT2D eigenvalue weighted by molar-refractivity contribution is 7.19. The van der Waals surface area contributed by atoms with Crippen molar-refractivity contribution in [2.75, 3.05) is 27.4 Å². The third-order valence-corrected chi connectivity index (χ3v) is 5.35. The van der Waals surface area contributed by atoms with Crippen LogP contribution in [-0.4, -0.2) is 27.4 Å². The minimum Gasteiger partial charge on any atom is -0.497 e. The van der Waals surface area contributed by atoms with Gasteiger partial charge in [-0.1, -0.05) is 0 Å². The van der Waals surface area contributed by atoms with Crippen molar-refractivity contribution >= 4 is 11.3 Å². The van der Waals surface area contributed by atoms with E-state index in [4.69, 9.17) is 18.9 Å². The molecule has 0 aliphatic carbocycles. The van der Waals surface area contributed by atoms with Crippen molar-refractivity contribution in [3.63, 3.8) is 0 Å². The van der Waals surface area contributed by atoms with Gasteiger partial charge >= 0.3 is 0 Å². The number of hydrogen-bond acceptors (Lipinski definition) is 5. The zero-order valence-corrected chi connectivity index (χ0v) is 14.9. The maximum Gasteiger partial charge on any atom is 0.180 e. The summed E-state index contributed by atoms with van der Waals surface area (Å²) >= 11 is 1.68. The van der Waals surface area contributed by atoms with E-state index in [1.807, 2.05) is 48.5 Å². The van der Waals surface area contributed by atoms with Crippen LogP contribution in [0.1, 0.15) is 0 Å². The molecule has 2 aromatic carbocycles. The van der Waals surface area contributed by atoms with Gasteiger partial charge in [0.2, 0.25) is 0 Å². The molecule has 0 fully saturated rings. The Hall–Kier alpha value is -2.66. The van der Waals surface area contributed by atoms with Crippen LogP contribution in [-0.2, 0) is 0 Å². The minimum atomic E-state index is 0.564. The second kappa shape index (κ2) is 6.69. The van der Waals surface area contributed by atoms with Gasteiger partial charge in [-0.15, -0.1) is 11.3 Å². The van der Waals surface area contributed by atoms with Crippen LogP contribution in [0.2, 0.25) is 0 Å². The normalized spacial score (nSPS) is 12.7. The Labute approximate surface area is 150 Å². The van der Waals surface area contributed by atoms with E-state index < -0.39 is 0 Å². The molecule has 0 amide bonds. The van der Waals surface area contributed by atoms with E-state index in [2.05, 4.69) is 0 Å². The summed E-state index contributed by atoms with van der Waals surface area (Å²) in [5, 5.41) is 0. The van der Waals surface area contributed by atoms with E-state index in [0.29, 0.717) is 13.2 Å². The molecule has 1 aliphatic heterocycles. The van der Waals surface area contributed by atoms with Crippen LogP contribution in [0.3, 0.4) is 0 Å². The molecule has 0 saturated heterocycles. The largest absolute Gasteiger partial charge is 0.497 e. The third kappa shape index (κ3) is 2.91. The topological polar surface area (TPSA) is 36.9 Å². The molecule has 1 aliphatic rings. The molecule has 4 nitrogen and oxygen atoms in total. The second-order valence-corrected chi connectivity index (χ2v) is 6.59. The molecular weight excluding hydrogens is 336 g/mol. The summed E-state index contributed by atoms with van der Waals surface area (Å²) in [7, 11) is 3.33. The quantitative estimate of drug-likeness (QED) is 0.670. The van der Waals surface area contributed by atoms with Gasteiger partial charge in [0.25, 0.3) is 0 Å². The lowest BCUT2D eigenvalue weighted by Crippen LogP contribution is -2.14. The van der Waals surface area contributed by atoms with Crippen LogP contribution in [0, 0.1) is 0 Å². The van der Waals surface area contributed by atoms with Gasteiger partial charge in [0.15, 0.2) is 11.5 Å². The molecule has 0 radical (unpaired) electrons. The van der Waals surface area contributed by atoms with Gasteiger partial charge in [-0.05, 0) is 59.7 Å². The molecule has 2 heterocycles. The zero-order valence-electron chi connectivity index (χ0n) is 14.1. The van der Waals surface area contributed by atoms with Crippen LogP contribution >= 0.6 is 11.3 Å². The Morgan fingerprint density at radius 3 is 1.44 bits per heavy atom. The summed E-state index contributed by atoms with van der Waals surface area (Å²) in [6, 6.07) is 16.0. The van der Waals surface area contributed by atoms with Crippen molar-refractivity contribution in [2.24, 2.45) is 0 Å². The summed E-state index contributed by atoms with van der Waals surface area (Å²) in [4.78, 5) is 2.14. The number of ether oxygens (including phenoxy) is 4. The maximum atomic E-state index is 5.94. The standard InChI is InChI=1S/C20H18O4S/c1-21-15-7-3-13(4-8-15)19-17-18(24-12-11-23-17)20(25-19)14-5-9-16(22-2)10-6-14/h3-10H,11-12H2,1-2H3. The van der Waals surface area contributed by atoms with Crippen molar-refractivity contribution in [1.82, 2.24) is 0 Å². The molecule has 4 rings (SSSR count). The molecule has 0 N–H and O–H groups in total. The van der Waals surface area contributed by atoms with E-state index in [1.165, 1.54) is 0 Å². The number of fused-ring (bicyclic) bond motifs is 1. The average molecular weight is 354 g/mol. The Morgan fingerprint density at radius 1 is 0.680 bits per heavy atom. The predicted octanol–water partition coefficient (Wildman–Crippen LogP) is 4.87. The summed E-state index contributed by atoms with van der Waals surface area (Å²) < 4.78 is 22.4. The van der Waals surface area contributed by atoms with Gasteiger partial charge in [0.05, 0.1) is 24.0 Å². The molecule has 0 spiro atoms. The minimum absolute atomic E-state index is 0.564. The first kappa shape index (κ1) is 15.8. The summed E-state index contributed by atoms with van der Waals surface area (Å²) in [6.07, 6.45) is 0. The van der Waals surface area contributed by atoms with Crippen molar-refractivity contribution in [2.45, 2.75) is 0 Å². The highest BCUT2D eigenvalue weighted by atomic mass is 32.1. The zero-order chi connectivity index (χ0) is 17.2. The van der Waals surface area contributed by atoms with Crippen molar-refractivity contribution < 1.29 is 18.9 Å². The number of thiophene rings is 1. The van der Waals surface area contributed by atoms with E-state index in [0.717, 1.165) is 43.9 Å². The first-order chi connectivity index (χ1) is 12.3. The van der Waals surface area contributed by atoms with Gasteiger partial charge in [0.1, 0.15) is 24.7 Å². The molecule has 1 aromatic heterocycles. The lowest BCUT2D eigenvalue weighted by atomic mass is 10.1. The van der Waals surface area contributed by atoms with Crippen LogP contribution in [0.25, 0.3) is 20.9 Å². The number of rotatable bonds is 4. The molecule has 3 aromatic rings. The molecule has 5 heteroatoms. The molecule has 128 valence electrons. The fraction of sp³-hybridized carbons (Fsp3) is 0.200. The Morgan fingerprint density at radius 2 is 1.08 bits per heavy atom. The molecular formula is C20H18O4S. The first-order valence-corrected chi connectivity index (χ1v) is 8.83. The summed E-state index contributed by atoms with van der Waals surface area (Å²) in [5.41, 5.74) is 2.18. The van der Waals surface area contributed by atoms with E-state index in [1.54, 1.807) is 25.6 Å². The molecule has 0 bridgehead atoms. The second-order valence-electron chi connectivity index (χ2n) is 5.57. The Kier molecular flexibility index (Phi) is 4.24. The highest BCUT2D eigenvalue weighted by Gasteiger charge is 2.26. The van der Waals surface area contributed by atoms with Gasteiger partial charge in [-0.3, -0.25) is 0 Å². The monoisotopic (exact) mass is 354 g/mol. The SMILES string of the molecule is COc1ccc(-c2sc(-c3ccc(OC)cc3)c3c2OCCO3)cc1. The molecule has 0 unspecified atom stereocenters. The fourth-order valence-corrected chi connectivity index (χ4v) is 4.02. The number of hydrogen-bond donors (Lipinski definition) is 0. The molecule has 25 heavy (non-hydrogen) atoms. The van der Waals surface area contributed by atoms with E-state index in [-0.39, 0.29) is 0 Å². The van der Waals surface area contributed by atoms with Gasteiger partial charge in [-0.2, -0.15) is 0 Å².